The molecule has 0 radical (unpaired) electrons. The van der Waals surface area contributed by atoms with Gasteiger partial charge in [-0.2, -0.15) is 0 Å². The van der Waals surface area contributed by atoms with Crippen molar-refractivity contribution in [1.29, 1.82) is 0 Å². The van der Waals surface area contributed by atoms with Crippen LogP contribution in [0, 0.1) is 6.92 Å². The van der Waals surface area contributed by atoms with E-state index in [0.717, 1.165) is 11.5 Å². The third-order valence-corrected chi connectivity index (χ3v) is 6.49. The molecule has 3 rings (SSSR count). The first-order valence-electron chi connectivity index (χ1n) is 6.58. The summed E-state index contributed by atoms with van der Waals surface area (Å²) in [7, 11) is -2.34. The molecule has 19 heavy (non-hydrogen) atoms. The van der Waals surface area contributed by atoms with Crippen LogP contribution >= 0.6 is 7.14 Å². The Kier molecular flexibility index (Phi) is 3.16. The maximum atomic E-state index is 13.0. The highest BCUT2D eigenvalue weighted by Crippen LogP contribution is 2.54. The van der Waals surface area contributed by atoms with E-state index in [1.165, 1.54) is 11.1 Å². The zero-order chi connectivity index (χ0) is 13.3. The van der Waals surface area contributed by atoms with Crippen molar-refractivity contribution in [3.8, 4) is 0 Å². The van der Waals surface area contributed by atoms with Crippen molar-refractivity contribution in [2.24, 2.45) is 0 Å². The van der Waals surface area contributed by atoms with Crippen LogP contribution in [0.2, 0.25) is 0 Å². The maximum Gasteiger partial charge on any atom is 0.137 e. The first-order chi connectivity index (χ1) is 9.17. The monoisotopic (exact) mass is 268 g/mol. The Balaban J connectivity index is 1.87. The highest BCUT2D eigenvalue weighted by Gasteiger charge is 2.30. The van der Waals surface area contributed by atoms with Gasteiger partial charge in [0.15, 0.2) is 0 Å². The van der Waals surface area contributed by atoms with Crippen LogP contribution in [0.4, 0.5) is 0 Å². The molecule has 1 heterocycles. The fourth-order valence-corrected chi connectivity index (χ4v) is 5.14. The average molecular weight is 268 g/mol. The minimum Gasteiger partial charge on any atom is -0.314 e. The maximum absolute atomic E-state index is 13.0. The van der Waals surface area contributed by atoms with Gasteiger partial charge in [0.05, 0.1) is 0 Å². The topological polar surface area (TPSA) is 17.1 Å². The van der Waals surface area contributed by atoms with Gasteiger partial charge in [0.1, 0.15) is 7.14 Å². The smallest absolute Gasteiger partial charge is 0.137 e. The number of hydrogen-bond acceptors (Lipinski definition) is 1. The molecule has 0 fully saturated rings. The van der Waals surface area contributed by atoms with Crippen molar-refractivity contribution < 1.29 is 4.57 Å². The average Bonchev–Trinajstić information content (AvgIpc) is 2.85. The summed E-state index contributed by atoms with van der Waals surface area (Å²) in [4.78, 5) is 0. The highest BCUT2D eigenvalue weighted by atomic mass is 31.2. The summed E-state index contributed by atoms with van der Waals surface area (Å²) >= 11 is 0. The summed E-state index contributed by atoms with van der Waals surface area (Å²) in [6.07, 6.45) is 2.83. The van der Waals surface area contributed by atoms with Gasteiger partial charge >= 0.3 is 0 Å². The van der Waals surface area contributed by atoms with Crippen molar-refractivity contribution >= 4 is 12.4 Å². The molecule has 1 aliphatic heterocycles. The van der Waals surface area contributed by atoms with Crippen LogP contribution < -0.4 is 5.30 Å². The van der Waals surface area contributed by atoms with E-state index >= 15 is 0 Å². The van der Waals surface area contributed by atoms with E-state index in [-0.39, 0.29) is 5.92 Å². The van der Waals surface area contributed by atoms with Crippen LogP contribution in [0.15, 0.2) is 66.5 Å². The van der Waals surface area contributed by atoms with Crippen molar-refractivity contribution in [2.45, 2.75) is 12.8 Å². The summed E-state index contributed by atoms with van der Waals surface area (Å²) in [5.74, 6) is 2.22. The van der Waals surface area contributed by atoms with E-state index in [1.807, 2.05) is 36.1 Å². The van der Waals surface area contributed by atoms with Gasteiger partial charge in [0, 0.05) is 17.4 Å². The predicted octanol–water partition coefficient (Wildman–Crippen LogP) is 4.29. The first kappa shape index (κ1) is 12.4. The molecule has 0 N–H and O–H groups in total. The minimum atomic E-state index is -2.34. The van der Waals surface area contributed by atoms with E-state index in [1.54, 1.807) is 0 Å². The molecular weight excluding hydrogens is 251 g/mol. The van der Waals surface area contributed by atoms with Gasteiger partial charge in [-0.15, -0.1) is 0 Å². The standard InChI is InChI=1S/C17H17OP/c1-14-7-9-15(10-8-14)16-11-12-19(18,13-16)17-5-3-2-4-6-17/h2-12,16H,13H2,1H3. The minimum absolute atomic E-state index is 0.284. The van der Waals surface area contributed by atoms with Crippen LogP contribution in [-0.2, 0) is 4.57 Å². The summed E-state index contributed by atoms with van der Waals surface area (Å²) in [6, 6.07) is 18.4. The number of benzene rings is 2. The van der Waals surface area contributed by atoms with Gasteiger partial charge < -0.3 is 4.57 Å². The molecule has 1 aliphatic rings. The third kappa shape index (κ3) is 2.43. The Morgan fingerprint density at radius 1 is 1.00 bits per heavy atom. The van der Waals surface area contributed by atoms with Crippen molar-refractivity contribution in [3.63, 3.8) is 0 Å². The SMILES string of the molecule is Cc1ccc(C2C=CP(=O)(c3ccccc3)C2)cc1. The molecule has 0 spiro atoms. The Morgan fingerprint density at radius 3 is 2.37 bits per heavy atom. The van der Waals surface area contributed by atoms with Crippen LogP contribution in [0.25, 0.3) is 0 Å². The van der Waals surface area contributed by atoms with Crippen molar-refractivity contribution in [2.75, 3.05) is 6.16 Å². The molecule has 96 valence electrons. The first-order valence-corrected chi connectivity index (χ1v) is 8.54. The second kappa shape index (κ2) is 4.83. The molecule has 0 amide bonds. The van der Waals surface area contributed by atoms with E-state index in [2.05, 4.69) is 37.3 Å². The number of aryl methyl sites for hydroxylation is 1. The van der Waals surface area contributed by atoms with Gasteiger partial charge in [0.25, 0.3) is 0 Å². The van der Waals surface area contributed by atoms with Gasteiger partial charge in [-0.1, -0.05) is 66.2 Å². The van der Waals surface area contributed by atoms with E-state index in [4.69, 9.17) is 0 Å². The normalized spacial score (nSPS) is 25.6. The molecule has 0 aromatic heterocycles. The van der Waals surface area contributed by atoms with Crippen LogP contribution in [0.3, 0.4) is 0 Å². The molecule has 2 unspecified atom stereocenters. The summed E-state index contributed by atoms with van der Waals surface area (Å²) in [5.41, 5.74) is 2.52. The molecule has 2 aromatic rings. The summed E-state index contributed by atoms with van der Waals surface area (Å²) in [6.45, 7) is 2.09. The largest absolute Gasteiger partial charge is 0.314 e. The molecule has 0 bridgehead atoms. The molecular formula is C17H17OP. The van der Waals surface area contributed by atoms with E-state index in [0.29, 0.717) is 0 Å². The fraction of sp³-hybridized carbons (Fsp3) is 0.176. The predicted molar refractivity (Wildman–Crippen MR) is 81.6 cm³/mol. The van der Waals surface area contributed by atoms with Gasteiger partial charge in [-0.3, -0.25) is 0 Å². The lowest BCUT2D eigenvalue weighted by molar-refractivity contribution is 0.586. The Morgan fingerprint density at radius 2 is 1.68 bits per heavy atom. The lowest BCUT2D eigenvalue weighted by Crippen LogP contribution is -2.06. The molecule has 1 nitrogen and oxygen atoms in total. The molecule has 0 saturated carbocycles. The van der Waals surface area contributed by atoms with Gasteiger partial charge in [0.2, 0.25) is 0 Å². The second-order valence-electron chi connectivity index (χ2n) is 5.17. The van der Waals surface area contributed by atoms with Crippen molar-refractivity contribution in [3.05, 3.63) is 77.6 Å². The number of hydrogen-bond donors (Lipinski definition) is 0. The summed E-state index contributed by atoms with van der Waals surface area (Å²) in [5, 5.41) is 0.973. The van der Waals surface area contributed by atoms with E-state index in [9.17, 15) is 4.57 Å². The Bertz CT molecular complexity index is 641. The Labute approximate surface area is 114 Å². The second-order valence-corrected chi connectivity index (χ2v) is 7.94. The third-order valence-electron chi connectivity index (χ3n) is 3.73. The Hall–Kier alpha value is -1.59. The lowest BCUT2D eigenvalue weighted by Gasteiger charge is -2.13. The van der Waals surface area contributed by atoms with Crippen LogP contribution in [0.1, 0.15) is 17.0 Å². The van der Waals surface area contributed by atoms with E-state index < -0.39 is 7.14 Å². The van der Waals surface area contributed by atoms with Gasteiger partial charge in [-0.05, 0) is 18.3 Å². The highest BCUT2D eigenvalue weighted by molar-refractivity contribution is 7.74. The van der Waals surface area contributed by atoms with Crippen LogP contribution in [-0.4, -0.2) is 6.16 Å². The molecule has 2 atom stereocenters. The lowest BCUT2D eigenvalue weighted by atomic mass is 10.0. The van der Waals surface area contributed by atoms with Gasteiger partial charge in [-0.25, -0.2) is 0 Å². The quantitative estimate of drug-likeness (QED) is 0.742. The summed E-state index contributed by atoms with van der Waals surface area (Å²) < 4.78 is 13.0. The molecule has 2 aromatic carbocycles. The number of allylic oxidation sites excluding steroid dienone is 1. The molecule has 2 heteroatoms. The molecule has 0 aliphatic carbocycles. The van der Waals surface area contributed by atoms with Crippen molar-refractivity contribution in [1.82, 2.24) is 0 Å². The van der Waals surface area contributed by atoms with Crippen LogP contribution in [0.5, 0.6) is 0 Å². The molecule has 0 saturated heterocycles. The zero-order valence-electron chi connectivity index (χ0n) is 11.0. The fourth-order valence-electron chi connectivity index (χ4n) is 2.56. The zero-order valence-corrected chi connectivity index (χ0v) is 11.9. The number of rotatable bonds is 2.